The second kappa shape index (κ2) is 7.43. The van der Waals surface area contributed by atoms with Crippen molar-refractivity contribution < 1.29 is 9.53 Å². The zero-order chi connectivity index (χ0) is 15.1. The molecule has 110 valence electrons. The number of ether oxygens (including phenoxy) is 1. The van der Waals surface area contributed by atoms with E-state index >= 15 is 0 Å². The topological polar surface area (TPSA) is 51.2 Å². The molecule has 0 bridgehead atoms. The molecule has 1 aromatic carbocycles. The lowest BCUT2D eigenvalue weighted by atomic mass is 10.2. The highest BCUT2D eigenvalue weighted by atomic mass is 16.5. The van der Waals surface area contributed by atoms with E-state index in [-0.39, 0.29) is 5.91 Å². The number of hydrogen-bond donors (Lipinski definition) is 1. The highest BCUT2D eigenvalue weighted by Crippen LogP contribution is 2.15. The van der Waals surface area contributed by atoms with Crippen molar-refractivity contribution in [2.75, 3.05) is 0 Å². The Morgan fingerprint density at radius 2 is 2.05 bits per heavy atom. The Balaban J connectivity index is 1.92. The van der Waals surface area contributed by atoms with Gasteiger partial charge in [-0.2, -0.15) is 0 Å². The van der Waals surface area contributed by atoms with Crippen molar-refractivity contribution in [2.45, 2.75) is 32.9 Å². The molecule has 1 amide bonds. The molecule has 0 radical (unpaired) electrons. The standard InChI is InChI=1S/C17H20N2O2/c1-3-16(21-15-6-4-5-13(2)11-15)17(20)19-12-14-7-9-18-10-8-14/h4-11,16H,3,12H2,1-2H3,(H,19,20)/t16-/m0/s1. The summed E-state index contributed by atoms with van der Waals surface area (Å²) >= 11 is 0. The van der Waals surface area contributed by atoms with Gasteiger partial charge in [-0.25, -0.2) is 0 Å². The summed E-state index contributed by atoms with van der Waals surface area (Å²) in [6.45, 7) is 4.42. The molecular weight excluding hydrogens is 264 g/mol. The van der Waals surface area contributed by atoms with Gasteiger partial charge < -0.3 is 10.1 Å². The summed E-state index contributed by atoms with van der Waals surface area (Å²) in [4.78, 5) is 16.1. The SMILES string of the molecule is CC[C@H](Oc1cccc(C)c1)C(=O)NCc1ccncc1. The smallest absolute Gasteiger partial charge is 0.261 e. The first kappa shape index (κ1) is 15.0. The Morgan fingerprint density at radius 1 is 1.29 bits per heavy atom. The van der Waals surface area contributed by atoms with Gasteiger partial charge in [0.25, 0.3) is 5.91 Å². The maximum Gasteiger partial charge on any atom is 0.261 e. The van der Waals surface area contributed by atoms with E-state index in [4.69, 9.17) is 4.74 Å². The van der Waals surface area contributed by atoms with Crippen molar-refractivity contribution in [3.63, 3.8) is 0 Å². The number of carbonyl (C=O) groups is 1. The molecule has 1 N–H and O–H groups in total. The maximum atomic E-state index is 12.2. The van der Waals surface area contributed by atoms with Gasteiger partial charge in [0.05, 0.1) is 0 Å². The van der Waals surface area contributed by atoms with Crippen molar-refractivity contribution in [1.82, 2.24) is 10.3 Å². The second-order valence-electron chi connectivity index (χ2n) is 4.90. The molecule has 4 nitrogen and oxygen atoms in total. The molecule has 0 saturated carbocycles. The van der Waals surface area contributed by atoms with Crippen LogP contribution in [0.4, 0.5) is 0 Å². The van der Waals surface area contributed by atoms with E-state index < -0.39 is 6.10 Å². The monoisotopic (exact) mass is 284 g/mol. The van der Waals surface area contributed by atoms with Crippen LogP contribution in [0, 0.1) is 6.92 Å². The summed E-state index contributed by atoms with van der Waals surface area (Å²) < 4.78 is 5.77. The van der Waals surface area contributed by atoms with E-state index in [2.05, 4.69) is 10.3 Å². The third kappa shape index (κ3) is 4.60. The molecule has 4 heteroatoms. The number of pyridine rings is 1. The molecule has 0 spiro atoms. The number of benzene rings is 1. The molecule has 0 saturated heterocycles. The van der Waals surface area contributed by atoms with Crippen molar-refractivity contribution in [3.05, 3.63) is 59.9 Å². The number of amides is 1. The van der Waals surface area contributed by atoms with Gasteiger partial charge in [-0.3, -0.25) is 9.78 Å². The fourth-order valence-corrected chi connectivity index (χ4v) is 1.98. The molecule has 2 aromatic rings. The molecule has 1 heterocycles. The predicted molar refractivity (Wildman–Crippen MR) is 82.0 cm³/mol. The van der Waals surface area contributed by atoms with E-state index in [1.54, 1.807) is 12.4 Å². The Hall–Kier alpha value is -2.36. The lowest BCUT2D eigenvalue weighted by Crippen LogP contribution is -2.37. The molecule has 0 aliphatic carbocycles. The summed E-state index contributed by atoms with van der Waals surface area (Å²) in [5.74, 6) is 0.622. The van der Waals surface area contributed by atoms with Crippen LogP contribution in [-0.2, 0) is 11.3 Å². The lowest BCUT2D eigenvalue weighted by Gasteiger charge is -2.17. The Labute approximate surface area is 125 Å². The Morgan fingerprint density at radius 3 is 2.71 bits per heavy atom. The fourth-order valence-electron chi connectivity index (χ4n) is 1.98. The lowest BCUT2D eigenvalue weighted by molar-refractivity contribution is -0.128. The van der Waals surface area contributed by atoms with Gasteiger partial charge in [-0.05, 0) is 48.7 Å². The Kier molecular flexibility index (Phi) is 5.32. The molecule has 0 fully saturated rings. The average Bonchev–Trinajstić information content (AvgIpc) is 2.51. The molecular formula is C17H20N2O2. The highest BCUT2D eigenvalue weighted by Gasteiger charge is 2.17. The van der Waals surface area contributed by atoms with E-state index in [1.165, 1.54) is 0 Å². The summed E-state index contributed by atoms with van der Waals surface area (Å²) in [6.07, 6.45) is 3.56. The van der Waals surface area contributed by atoms with Crippen LogP contribution >= 0.6 is 0 Å². The van der Waals surface area contributed by atoms with Gasteiger partial charge in [0.1, 0.15) is 5.75 Å². The molecule has 0 aliphatic rings. The molecule has 0 unspecified atom stereocenters. The van der Waals surface area contributed by atoms with Crippen LogP contribution in [-0.4, -0.2) is 17.0 Å². The van der Waals surface area contributed by atoms with Crippen molar-refractivity contribution in [1.29, 1.82) is 0 Å². The van der Waals surface area contributed by atoms with Crippen LogP contribution in [0.5, 0.6) is 5.75 Å². The minimum atomic E-state index is -0.478. The van der Waals surface area contributed by atoms with E-state index in [0.29, 0.717) is 13.0 Å². The number of hydrogen-bond acceptors (Lipinski definition) is 3. The largest absolute Gasteiger partial charge is 0.481 e. The average molecular weight is 284 g/mol. The minimum Gasteiger partial charge on any atom is -0.481 e. The van der Waals surface area contributed by atoms with Crippen LogP contribution in [0.1, 0.15) is 24.5 Å². The predicted octanol–water partition coefficient (Wildman–Crippen LogP) is 2.86. The molecule has 2 rings (SSSR count). The quantitative estimate of drug-likeness (QED) is 0.887. The van der Waals surface area contributed by atoms with E-state index in [9.17, 15) is 4.79 Å². The van der Waals surface area contributed by atoms with Crippen LogP contribution in [0.3, 0.4) is 0 Å². The summed E-state index contributed by atoms with van der Waals surface area (Å²) in [5.41, 5.74) is 2.13. The fraction of sp³-hybridized carbons (Fsp3) is 0.294. The van der Waals surface area contributed by atoms with Crippen LogP contribution in [0.15, 0.2) is 48.8 Å². The first-order valence-corrected chi connectivity index (χ1v) is 7.09. The maximum absolute atomic E-state index is 12.2. The number of nitrogens with zero attached hydrogens (tertiary/aromatic N) is 1. The minimum absolute atomic E-state index is 0.101. The number of carbonyl (C=O) groups excluding carboxylic acids is 1. The van der Waals surface area contributed by atoms with Gasteiger partial charge in [0.2, 0.25) is 0 Å². The number of nitrogens with one attached hydrogen (secondary N) is 1. The van der Waals surface area contributed by atoms with Gasteiger partial charge in [-0.15, -0.1) is 0 Å². The normalized spacial score (nSPS) is 11.7. The second-order valence-corrected chi connectivity index (χ2v) is 4.90. The van der Waals surface area contributed by atoms with E-state index in [1.807, 2.05) is 50.2 Å². The molecule has 1 atom stereocenters. The van der Waals surface area contributed by atoms with Gasteiger partial charge >= 0.3 is 0 Å². The number of rotatable bonds is 6. The van der Waals surface area contributed by atoms with E-state index in [0.717, 1.165) is 16.9 Å². The number of aromatic nitrogens is 1. The first-order valence-electron chi connectivity index (χ1n) is 7.09. The molecule has 21 heavy (non-hydrogen) atoms. The van der Waals surface area contributed by atoms with Gasteiger partial charge in [-0.1, -0.05) is 19.1 Å². The van der Waals surface area contributed by atoms with Gasteiger partial charge in [0, 0.05) is 18.9 Å². The zero-order valence-corrected chi connectivity index (χ0v) is 12.4. The summed E-state index contributed by atoms with van der Waals surface area (Å²) in [5, 5.41) is 2.89. The van der Waals surface area contributed by atoms with Gasteiger partial charge in [0.15, 0.2) is 6.10 Å². The number of aryl methyl sites for hydroxylation is 1. The third-order valence-electron chi connectivity index (χ3n) is 3.15. The summed E-state index contributed by atoms with van der Waals surface area (Å²) in [6, 6.07) is 11.5. The van der Waals surface area contributed by atoms with Crippen molar-refractivity contribution in [3.8, 4) is 5.75 Å². The van der Waals surface area contributed by atoms with Crippen LogP contribution in [0.25, 0.3) is 0 Å². The zero-order valence-electron chi connectivity index (χ0n) is 12.4. The molecule has 0 aliphatic heterocycles. The first-order chi connectivity index (χ1) is 10.2. The van der Waals surface area contributed by atoms with Crippen molar-refractivity contribution in [2.24, 2.45) is 0 Å². The third-order valence-corrected chi connectivity index (χ3v) is 3.15. The highest BCUT2D eigenvalue weighted by molar-refractivity contribution is 5.81. The van der Waals surface area contributed by atoms with Crippen LogP contribution < -0.4 is 10.1 Å². The molecule has 1 aromatic heterocycles. The van der Waals surface area contributed by atoms with Crippen molar-refractivity contribution >= 4 is 5.91 Å². The summed E-state index contributed by atoms with van der Waals surface area (Å²) in [7, 11) is 0. The Bertz CT molecular complexity index is 584. The van der Waals surface area contributed by atoms with Crippen LogP contribution in [0.2, 0.25) is 0 Å².